The second kappa shape index (κ2) is 12.6. The first-order valence-electron chi connectivity index (χ1n) is 14.6. The molecule has 41 heavy (non-hydrogen) atoms. The number of hydrogen-bond donors (Lipinski definition) is 1. The van der Waals surface area contributed by atoms with E-state index >= 15 is 0 Å². The molecule has 218 valence electrons. The highest BCUT2D eigenvalue weighted by Crippen LogP contribution is 2.35. The minimum absolute atomic E-state index is 0.0358. The molecule has 2 atom stereocenters. The van der Waals surface area contributed by atoms with Gasteiger partial charge in [0, 0.05) is 57.3 Å². The van der Waals surface area contributed by atoms with E-state index in [2.05, 4.69) is 10.2 Å². The SMILES string of the molecule is O=C1NCCN(C(=O)c2cccc3c2COC3)CCCOc2cccc(c2)[C@H]2CN(C(=O)CN3CCOCC3)C[C@H]12. The lowest BCUT2D eigenvalue weighted by molar-refractivity contribution is -0.132. The van der Waals surface area contributed by atoms with Gasteiger partial charge in [-0.1, -0.05) is 24.3 Å². The van der Waals surface area contributed by atoms with Gasteiger partial charge in [-0.25, -0.2) is 0 Å². The van der Waals surface area contributed by atoms with Gasteiger partial charge in [0.1, 0.15) is 5.75 Å². The predicted molar refractivity (Wildman–Crippen MR) is 150 cm³/mol. The van der Waals surface area contributed by atoms with Crippen LogP contribution in [0.1, 0.15) is 39.4 Å². The summed E-state index contributed by atoms with van der Waals surface area (Å²) in [6.07, 6.45) is 0.658. The van der Waals surface area contributed by atoms with E-state index in [9.17, 15) is 14.4 Å². The predicted octanol–water partition coefficient (Wildman–Crippen LogP) is 1.63. The lowest BCUT2D eigenvalue weighted by Crippen LogP contribution is -2.45. The minimum atomic E-state index is -0.388. The van der Waals surface area contributed by atoms with Crippen LogP contribution in [0.4, 0.5) is 0 Å². The van der Waals surface area contributed by atoms with Gasteiger partial charge in [-0.15, -0.1) is 0 Å². The summed E-state index contributed by atoms with van der Waals surface area (Å²) in [5.74, 6) is 0.0810. The summed E-state index contributed by atoms with van der Waals surface area (Å²) in [5, 5.41) is 3.09. The first-order chi connectivity index (χ1) is 20.1. The van der Waals surface area contributed by atoms with E-state index in [4.69, 9.17) is 14.2 Å². The number of benzene rings is 2. The summed E-state index contributed by atoms with van der Waals surface area (Å²) in [6, 6.07) is 13.6. The van der Waals surface area contributed by atoms with Crippen LogP contribution in [0.2, 0.25) is 0 Å². The van der Waals surface area contributed by atoms with E-state index in [0.717, 1.165) is 35.5 Å². The van der Waals surface area contributed by atoms with Gasteiger partial charge in [0.05, 0.1) is 45.5 Å². The van der Waals surface area contributed by atoms with Crippen molar-refractivity contribution in [1.82, 2.24) is 20.0 Å². The Balaban J connectivity index is 1.19. The van der Waals surface area contributed by atoms with Crippen LogP contribution in [-0.4, -0.2) is 105 Å². The average Bonchev–Trinajstić information content (AvgIpc) is 3.66. The zero-order chi connectivity index (χ0) is 28.2. The van der Waals surface area contributed by atoms with E-state index in [1.807, 2.05) is 47.4 Å². The largest absolute Gasteiger partial charge is 0.494 e. The zero-order valence-corrected chi connectivity index (χ0v) is 23.4. The maximum Gasteiger partial charge on any atom is 0.254 e. The second-order valence-corrected chi connectivity index (χ2v) is 11.2. The summed E-state index contributed by atoms with van der Waals surface area (Å²) < 4.78 is 17.1. The Hall–Kier alpha value is -3.47. The molecule has 10 heteroatoms. The molecule has 4 aliphatic rings. The fraction of sp³-hybridized carbons (Fsp3) is 0.516. The Kier molecular flexibility index (Phi) is 8.50. The third kappa shape index (κ3) is 6.24. The van der Waals surface area contributed by atoms with Crippen molar-refractivity contribution in [3.8, 4) is 5.75 Å². The molecule has 10 nitrogen and oxygen atoms in total. The Labute approximate surface area is 240 Å². The van der Waals surface area contributed by atoms with Crippen molar-refractivity contribution in [1.29, 1.82) is 0 Å². The van der Waals surface area contributed by atoms with Gasteiger partial charge in [0.25, 0.3) is 5.91 Å². The highest BCUT2D eigenvalue weighted by molar-refractivity contribution is 5.96. The molecule has 4 heterocycles. The molecule has 0 aliphatic carbocycles. The number of carbonyl (C=O) groups excluding carboxylic acids is 3. The number of likely N-dealkylation sites (tertiary alicyclic amines) is 1. The van der Waals surface area contributed by atoms with E-state index in [0.29, 0.717) is 84.3 Å². The standard InChI is InChI=1S/C31H38N4O6/c36-29(19-33-11-14-39-15-12-33)35-17-26-22-4-1-6-24(16-22)41-13-3-9-34(10-8-32-30(37)27(26)18-35)31(38)25-7-2-5-23-20-40-21-28(23)25/h1-2,4-7,16,26-27H,3,8-15,17-21H2,(H,32,37)/t26-,27+/m1/s1. The monoisotopic (exact) mass is 562 g/mol. The normalized spacial score (nSPS) is 23.7. The van der Waals surface area contributed by atoms with Gasteiger partial charge in [-0.2, -0.15) is 0 Å². The fourth-order valence-electron chi connectivity index (χ4n) is 6.28. The number of carbonyl (C=O) groups is 3. The van der Waals surface area contributed by atoms with E-state index in [1.165, 1.54) is 0 Å². The molecule has 2 fully saturated rings. The molecule has 0 unspecified atom stereocenters. The fourth-order valence-corrected chi connectivity index (χ4v) is 6.28. The van der Waals surface area contributed by atoms with E-state index in [-0.39, 0.29) is 29.6 Å². The van der Waals surface area contributed by atoms with Crippen LogP contribution in [0, 0.1) is 5.92 Å². The highest BCUT2D eigenvalue weighted by Gasteiger charge is 2.41. The molecule has 6 rings (SSSR count). The van der Waals surface area contributed by atoms with Crippen LogP contribution < -0.4 is 10.1 Å². The molecular formula is C31H38N4O6. The lowest BCUT2D eigenvalue weighted by atomic mass is 9.88. The number of fused-ring (bicyclic) bond motifs is 5. The van der Waals surface area contributed by atoms with Crippen LogP contribution in [0.3, 0.4) is 0 Å². The number of morpholine rings is 1. The Bertz CT molecular complexity index is 1280. The number of nitrogens with zero attached hydrogens (tertiary/aromatic N) is 3. The van der Waals surface area contributed by atoms with Crippen molar-refractivity contribution in [2.75, 3.05) is 72.2 Å². The molecule has 1 N–H and O–H groups in total. The van der Waals surface area contributed by atoms with Crippen molar-refractivity contribution in [2.24, 2.45) is 5.92 Å². The van der Waals surface area contributed by atoms with Crippen LogP contribution in [0.25, 0.3) is 0 Å². The number of nitrogens with one attached hydrogen (secondary N) is 1. The number of hydrogen-bond acceptors (Lipinski definition) is 7. The smallest absolute Gasteiger partial charge is 0.254 e. The first kappa shape index (κ1) is 27.7. The van der Waals surface area contributed by atoms with Crippen LogP contribution in [0.5, 0.6) is 5.75 Å². The summed E-state index contributed by atoms with van der Waals surface area (Å²) in [5.41, 5.74) is 3.66. The van der Waals surface area contributed by atoms with Gasteiger partial charge in [0.15, 0.2) is 0 Å². The average molecular weight is 563 g/mol. The van der Waals surface area contributed by atoms with Crippen LogP contribution in [0.15, 0.2) is 42.5 Å². The van der Waals surface area contributed by atoms with Crippen molar-refractivity contribution < 1.29 is 28.6 Å². The van der Waals surface area contributed by atoms with E-state index < -0.39 is 0 Å². The quantitative estimate of drug-likeness (QED) is 0.607. The molecule has 3 amide bonds. The van der Waals surface area contributed by atoms with Crippen LogP contribution in [-0.2, 0) is 32.3 Å². The van der Waals surface area contributed by atoms with Crippen molar-refractivity contribution in [3.63, 3.8) is 0 Å². The van der Waals surface area contributed by atoms with Crippen molar-refractivity contribution in [2.45, 2.75) is 25.6 Å². The summed E-state index contributed by atoms with van der Waals surface area (Å²) in [6.45, 7) is 6.57. The van der Waals surface area contributed by atoms with Gasteiger partial charge in [0.2, 0.25) is 11.8 Å². The molecule has 0 saturated carbocycles. The molecule has 2 bridgehead atoms. The summed E-state index contributed by atoms with van der Waals surface area (Å²) >= 11 is 0. The Morgan fingerprint density at radius 2 is 1.71 bits per heavy atom. The van der Waals surface area contributed by atoms with E-state index in [1.54, 1.807) is 4.90 Å². The third-order valence-electron chi connectivity index (χ3n) is 8.57. The Morgan fingerprint density at radius 1 is 0.878 bits per heavy atom. The molecule has 2 aromatic rings. The minimum Gasteiger partial charge on any atom is -0.494 e. The van der Waals surface area contributed by atoms with Crippen molar-refractivity contribution >= 4 is 17.7 Å². The van der Waals surface area contributed by atoms with Gasteiger partial charge in [-0.3, -0.25) is 19.3 Å². The molecule has 0 aromatic heterocycles. The highest BCUT2D eigenvalue weighted by atomic mass is 16.5. The second-order valence-electron chi connectivity index (χ2n) is 11.2. The zero-order valence-electron chi connectivity index (χ0n) is 23.4. The maximum atomic E-state index is 13.6. The number of rotatable bonds is 3. The molecule has 2 aromatic carbocycles. The third-order valence-corrected chi connectivity index (χ3v) is 8.57. The molecule has 2 saturated heterocycles. The Morgan fingerprint density at radius 3 is 2.59 bits per heavy atom. The van der Waals surface area contributed by atoms with Gasteiger partial charge in [-0.05, 0) is 41.3 Å². The summed E-state index contributed by atoms with van der Waals surface area (Å²) in [7, 11) is 0. The molecular weight excluding hydrogens is 524 g/mol. The lowest BCUT2D eigenvalue weighted by Gasteiger charge is -2.28. The first-order valence-corrected chi connectivity index (χ1v) is 14.6. The summed E-state index contributed by atoms with van der Waals surface area (Å²) in [4.78, 5) is 46.2. The van der Waals surface area contributed by atoms with Crippen LogP contribution >= 0.6 is 0 Å². The molecule has 0 radical (unpaired) electrons. The topological polar surface area (TPSA) is 101 Å². The molecule has 0 spiro atoms. The van der Waals surface area contributed by atoms with Gasteiger partial charge >= 0.3 is 0 Å². The van der Waals surface area contributed by atoms with Crippen molar-refractivity contribution in [3.05, 3.63) is 64.7 Å². The number of ether oxygens (including phenoxy) is 3. The number of amides is 3. The molecule has 4 aliphatic heterocycles. The maximum absolute atomic E-state index is 13.6. The van der Waals surface area contributed by atoms with Gasteiger partial charge < -0.3 is 29.3 Å².